The van der Waals surface area contributed by atoms with Crippen LogP contribution in [0.1, 0.15) is 77.6 Å². The summed E-state index contributed by atoms with van der Waals surface area (Å²) in [6.07, 6.45) is 2.16. The van der Waals surface area contributed by atoms with E-state index in [2.05, 4.69) is 12.2 Å². The molecule has 0 radical (unpaired) electrons. The Labute approximate surface area is 200 Å². The molecule has 30 heavy (non-hydrogen) atoms. The van der Waals surface area contributed by atoms with E-state index in [-0.39, 0.29) is 36.0 Å². The minimum absolute atomic E-state index is 0. The summed E-state index contributed by atoms with van der Waals surface area (Å²) >= 11 is 0. The van der Waals surface area contributed by atoms with Crippen LogP contribution in [0.5, 0.6) is 0 Å². The van der Waals surface area contributed by atoms with Gasteiger partial charge >= 0.3 is 29.6 Å². The molecular weight excluding hydrogens is 405 g/mol. The van der Waals surface area contributed by atoms with Crippen molar-refractivity contribution in [3.05, 3.63) is 0 Å². The topological polar surface area (TPSA) is 159 Å². The number of carbonyl (C=O) groups is 2. The van der Waals surface area contributed by atoms with Crippen LogP contribution >= 0.6 is 0 Å². The number of carboxylic acids is 1. The number of carboxylic acid groups (broad SMARTS) is 1. The molecule has 1 saturated heterocycles. The maximum atomic E-state index is 12.2. The third kappa shape index (κ3) is 10.4. The average molecular weight is 441 g/mol. The molecule has 1 heterocycles. The Bertz CT molecular complexity index is 495. The zero-order valence-electron chi connectivity index (χ0n) is 18.2. The van der Waals surface area contributed by atoms with Crippen molar-refractivity contribution < 1.29 is 69.4 Å². The van der Waals surface area contributed by atoms with Gasteiger partial charge < -0.3 is 40.4 Å². The summed E-state index contributed by atoms with van der Waals surface area (Å²) in [6.45, 7) is 2.18. The smallest absolute Gasteiger partial charge is 0.548 e. The van der Waals surface area contributed by atoms with Crippen LogP contribution in [0.2, 0.25) is 0 Å². The van der Waals surface area contributed by atoms with E-state index in [1.807, 2.05) is 0 Å². The van der Waals surface area contributed by atoms with Crippen LogP contribution in [0.15, 0.2) is 0 Å². The SMILES string of the molecule is CCCCCCCCCCCCC(NC(=O)[C@H]1O[C@@H](O)[C@H](O)[C@@H](O)[C@@H]1O)C(=O)[O-].[Na+]. The van der Waals surface area contributed by atoms with E-state index >= 15 is 0 Å². The Hall–Kier alpha value is -0.260. The summed E-state index contributed by atoms with van der Waals surface area (Å²) in [4.78, 5) is 23.5. The Balaban J connectivity index is 0.00000841. The number of hydrogen-bond acceptors (Lipinski definition) is 8. The maximum Gasteiger partial charge on any atom is 1.00 e. The first-order valence-corrected chi connectivity index (χ1v) is 10.7. The molecular formula is C20H36NNaO8. The normalized spacial score (nSPS) is 27.2. The van der Waals surface area contributed by atoms with Crippen molar-refractivity contribution in [2.45, 2.75) is 114 Å². The van der Waals surface area contributed by atoms with Crippen LogP contribution in [0.4, 0.5) is 0 Å². The Morgan fingerprint density at radius 3 is 1.87 bits per heavy atom. The van der Waals surface area contributed by atoms with Crippen LogP contribution in [0.3, 0.4) is 0 Å². The Morgan fingerprint density at radius 2 is 1.37 bits per heavy atom. The predicted octanol–water partition coefficient (Wildman–Crippen LogP) is -3.66. The van der Waals surface area contributed by atoms with Crippen molar-refractivity contribution in [3.8, 4) is 0 Å². The molecule has 1 rings (SSSR count). The van der Waals surface area contributed by atoms with Gasteiger partial charge in [0.25, 0.3) is 5.91 Å². The van der Waals surface area contributed by atoms with Crippen molar-refractivity contribution in [2.24, 2.45) is 0 Å². The minimum Gasteiger partial charge on any atom is -0.548 e. The summed E-state index contributed by atoms with van der Waals surface area (Å²) < 4.78 is 4.80. The van der Waals surface area contributed by atoms with Crippen molar-refractivity contribution in [1.82, 2.24) is 5.32 Å². The monoisotopic (exact) mass is 441 g/mol. The second-order valence-corrected chi connectivity index (χ2v) is 7.77. The molecule has 9 nitrogen and oxygen atoms in total. The van der Waals surface area contributed by atoms with Gasteiger partial charge in [-0.2, -0.15) is 0 Å². The van der Waals surface area contributed by atoms with E-state index in [0.717, 1.165) is 25.7 Å². The van der Waals surface area contributed by atoms with Gasteiger partial charge in [0.15, 0.2) is 12.4 Å². The van der Waals surface area contributed by atoms with E-state index in [0.29, 0.717) is 6.42 Å². The molecule has 1 aliphatic heterocycles. The quantitative estimate of drug-likeness (QED) is 0.136. The Kier molecular flexibility index (Phi) is 16.2. The third-order valence-corrected chi connectivity index (χ3v) is 5.29. The van der Waals surface area contributed by atoms with E-state index in [1.54, 1.807) is 0 Å². The number of aliphatic hydroxyl groups is 4. The fourth-order valence-electron chi connectivity index (χ4n) is 3.42. The summed E-state index contributed by atoms with van der Waals surface area (Å²) in [5.74, 6) is -2.45. The van der Waals surface area contributed by atoms with E-state index < -0.39 is 48.6 Å². The fourth-order valence-corrected chi connectivity index (χ4v) is 3.42. The molecule has 0 aliphatic carbocycles. The van der Waals surface area contributed by atoms with Gasteiger partial charge in [-0.1, -0.05) is 71.1 Å². The molecule has 170 valence electrons. The number of hydrogen-bond donors (Lipinski definition) is 5. The second-order valence-electron chi connectivity index (χ2n) is 7.77. The molecule has 0 aromatic carbocycles. The summed E-state index contributed by atoms with van der Waals surface area (Å²) in [5.41, 5.74) is 0. The first kappa shape index (κ1) is 29.7. The van der Waals surface area contributed by atoms with Gasteiger partial charge in [-0.05, 0) is 6.42 Å². The van der Waals surface area contributed by atoms with Gasteiger partial charge in [-0.15, -0.1) is 0 Å². The maximum absolute atomic E-state index is 12.2. The zero-order chi connectivity index (χ0) is 21.8. The summed E-state index contributed by atoms with van der Waals surface area (Å²) in [5, 5.41) is 51.9. The molecule has 0 bridgehead atoms. The van der Waals surface area contributed by atoms with Crippen molar-refractivity contribution in [1.29, 1.82) is 0 Å². The third-order valence-electron chi connectivity index (χ3n) is 5.29. The standard InChI is InChI=1S/C20H37NO8.Na/c1-2-3-4-5-6-7-8-9-10-11-12-13(19(26)27)21-18(25)17-15(23)14(22)16(24)20(28)29-17;/h13-17,20,22-24,28H,2-12H2,1H3,(H,21,25)(H,26,27);/q;+1/p-1/t13?,14-,15-,16+,17-,20+;/m0./s1. The van der Waals surface area contributed by atoms with Crippen molar-refractivity contribution >= 4 is 11.9 Å². The molecule has 0 aromatic rings. The number of carbonyl (C=O) groups excluding carboxylic acids is 2. The molecule has 1 unspecified atom stereocenters. The molecule has 1 aliphatic rings. The molecule has 1 fully saturated rings. The van der Waals surface area contributed by atoms with Gasteiger partial charge in [-0.25, -0.2) is 0 Å². The van der Waals surface area contributed by atoms with E-state index in [9.17, 15) is 35.1 Å². The largest absolute Gasteiger partial charge is 1.00 e. The fraction of sp³-hybridized carbons (Fsp3) is 0.900. The number of unbranched alkanes of at least 4 members (excludes halogenated alkanes) is 9. The second kappa shape index (κ2) is 16.4. The average Bonchev–Trinajstić information content (AvgIpc) is 2.69. The van der Waals surface area contributed by atoms with Crippen molar-refractivity contribution in [2.75, 3.05) is 0 Å². The van der Waals surface area contributed by atoms with Crippen molar-refractivity contribution in [3.63, 3.8) is 0 Å². The van der Waals surface area contributed by atoms with Crippen LogP contribution in [-0.2, 0) is 14.3 Å². The van der Waals surface area contributed by atoms with Crippen LogP contribution in [-0.4, -0.2) is 69.1 Å². The zero-order valence-corrected chi connectivity index (χ0v) is 20.2. The number of rotatable bonds is 14. The molecule has 0 saturated carbocycles. The number of ether oxygens (including phenoxy) is 1. The van der Waals surface area contributed by atoms with Crippen LogP contribution in [0.25, 0.3) is 0 Å². The van der Waals surface area contributed by atoms with Gasteiger partial charge in [0.2, 0.25) is 0 Å². The first-order chi connectivity index (χ1) is 13.8. The molecule has 0 aromatic heterocycles. The molecule has 6 atom stereocenters. The first-order valence-electron chi connectivity index (χ1n) is 10.7. The van der Waals surface area contributed by atoms with Gasteiger partial charge in [0.05, 0.1) is 12.0 Å². The van der Waals surface area contributed by atoms with E-state index in [1.165, 1.54) is 32.1 Å². The number of nitrogens with one attached hydrogen (secondary N) is 1. The molecule has 10 heteroatoms. The summed E-state index contributed by atoms with van der Waals surface area (Å²) in [6, 6.07) is -1.27. The number of aliphatic carboxylic acids is 1. The van der Waals surface area contributed by atoms with Crippen LogP contribution in [0, 0.1) is 0 Å². The predicted molar refractivity (Wildman–Crippen MR) is 102 cm³/mol. The number of amides is 1. The van der Waals surface area contributed by atoms with Gasteiger partial charge in [-0.3, -0.25) is 4.79 Å². The van der Waals surface area contributed by atoms with Crippen LogP contribution < -0.4 is 40.0 Å². The number of aliphatic hydroxyl groups excluding tert-OH is 4. The van der Waals surface area contributed by atoms with Gasteiger partial charge in [0.1, 0.15) is 18.3 Å². The molecule has 5 N–H and O–H groups in total. The summed E-state index contributed by atoms with van der Waals surface area (Å²) in [7, 11) is 0. The Morgan fingerprint density at radius 1 is 0.867 bits per heavy atom. The molecule has 0 spiro atoms. The minimum atomic E-state index is -1.87. The van der Waals surface area contributed by atoms with Gasteiger partial charge in [0, 0.05) is 0 Å². The molecule has 1 amide bonds. The van der Waals surface area contributed by atoms with E-state index in [4.69, 9.17) is 4.74 Å².